The molecular formula is C20H26N2O2. The Hall–Kier alpha value is -1.88. The number of nitrogens with zero attached hydrogens (tertiary/aromatic N) is 1. The number of hydrogen-bond acceptors (Lipinski definition) is 4. The molecule has 1 atom stereocenters. The summed E-state index contributed by atoms with van der Waals surface area (Å²) in [5.74, 6) is 0.863. The number of methoxy groups -OCH3 is 1. The van der Waals surface area contributed by atoms with Crippen molar-refractivity contribution in [1.82, 2.24) is 10.2 Å². The highest BCUT2D eigenvalue weighted by Crippen LogP contribution is 2.18. The second kappa shape index (κ2) is 8.29. The summed E-state index contributed by atoms with van der Waals surface area (Å²) in [4.78, 5) is 2.33. The Labute approximate surface area is 144 Å². The van der Waals surface area contributed by atoms with Crippen molar-refractivity contribution >= 4 is 0 Å². The third kappa shape index (κ3) is 4.57. The van der Waals surface area contributed by atoms with Gasteiger partial charge in [0.25, 0.3) is 0 Å². The molecule has 128 valence electrons. The van der Waals surface area contributed by atoms with E-state index in [1.165, 1.54) is 11.1 Å². The van der Waals surface area contributed by atoms with E-state index in [-0.39, 0.29) is 6.10 Å². The summed E-state index contributed by atoms with van der Waals surface area (Å²) >= 11 is 0. The number of benzene rings is 2. The van der Waals surface area contributed by atoms with E-state index in [2.05, 4.69) is 40.5 Å². The maximum absolute atomic E-state index is 10.3. The largest absolute Gasteiger partial charge is 0.497 e. The lowest BCUT2D eigenvalue weighted by molar-refractivity contribution is 0.104. The Morgan fingerprint density at radius 2 is 2.00 bits per heavy atom. The van der Waals surface area contributed by atoms with Crippen molar-refractivity contribution in [2.75, 3.05) is 26.7 Å². The lowest BCUT2D eigenvalue weighted by Crippen LogP contribution is -2.40. The molecule has 0 aromatic heterocycles. The summed E-state index contributed by atoms with van der Waals surface area (Å²) < 4.78 is 5.23. The molecule has 2 aromatic rings. The van der Waals surface area contributed by atoms with E-state index in [0.717, 1.165) is 37.4 Å². The number of hydrogen-bond donors (Lipinski definition) is 2. The van der Waals surface area contributed by atoms with Crippen LogP contribution in [0.4, 0.5) is 0 Å². The number of aliphatic hydroxyl groups excluding tert-OH is 1. The minimum atomic E-state index is -0.360. The summed E-state index contributed by atoms with van der Waals surface area (Å²) in [6, 6.07) is 16.6. The van der Waals surface area contributed by atoms with Crippen LogP contribution >= 0.6 is 0 Å². The first-order valence-corrected chi connectivity index (χ1v) is 8.55. The average Bonchev–Trinajstić information content (AvgIpc) is 2.62. The van der Waals surface area contributed by atoms with Gasteiger partial charge in [-0.05, 0) is 35.2 Å². The van der Waals surface area contributed by atoms with Crippen LogP contribution in [-0.2, 0) is 19.5 Å². The van der Waals surface area contributed by atoms with Crippen molar-refractivity contribution in [2.45, 2.75) is 25.6 Å². The third-order valence-electron chi connectivity index (χ3n) is 4.52. The molecule has 0 unspecified atom stereocenters. The van der Waals surface area contributed by atoms with E-state index in [0.29, 0.717) is 13.1 Å². The molecule has 0 amide bonds. The van der Waals surface area contributed by atoms with Crippen LogP contribution in [0.2, 0.25) is 0 Å². The molecule has 24 heavy (non-hydrogen) atoms. The molecule has 4 nitrogen and oxygen atoms in total. The second-order valence-corrected chi connectivity index (χ2v) is 6.39. The highest BCUT2D eigenvalue weighted by Gasteiger charge is 2.18. The van der Waals surface area contributed by atoms with Gasteiger partial charge in [-0.25, -0.2) is 0 Å². The van der Waals surface area contributed by atoms with E-state index in [1.807, 2.05) is 18.2 Å². The fourth-order valence-corrected chi connectivity index (χ4v) is 3.24. The number of nitrogens with one attached hydrogen (secondary N) is 1. The van der Waals surface area contributed by atoms with Crippen molar-refractivity contribution in [3.05, 3.63) is 65.2 Å². The van der Waals surface area contributed by atoms with Crippen LogP contribution in [0.1, 0.15) is 16.7 Å². The van der Waals surface area contributed by atoms with Crippen molar-refractivity contribution in [2.24, 2.45) is 0 Å². The van der Waals surface area contributed by atoms with Gasteiger partial charge in [-0.3, -0.25) is 4.90 Å². The smallest absolute Gasteiger partial charge is 0.119 e. The third-order valence-corrected chi connectivity index (χ3v) is 4.52. The Bertz CT molecular complexity index is 660. The van der Waals surface area contributed by atoms with Gasteiger partial charge in [0.1, 0.15) is 5.75 Å². The first kappa shape index (κ1) is 17.0. The summed E-state index contributed by atoms with van der Waals surface area (Å²) in [5.41, 5.74) is 3.99. The Morgan fingerprint density at radius 3 is 2.83 bits per heavy atom. The molecule has 0 saturated heterocycles. The van der Waals surface area contributed by atoms with Crippen molar-refractivity contribution in [1.29, 1.82) is 0 Å². The molecule has 1 aliphatic rings. The van der Waals surface area contributed by atoms with Crippen LogP contribution in [0, 0.1) is 0 Å². The number of ether oxygens (including phenoxy) is 1. The van der Waals surface area contributed by atoms with E-state index in [9.17, 15) is 5.11 Å². The number of fused-ring (bicyclic) bond motifs is 1. The van der Waals surface area contributed by atoms with Crippen LogP contribution < -0.4 is 10.1 Å². The molecule has 2 N–H and O–H groups in total. The molecule has 1 heterocycles. The van der Waals surface area contributed by atoms with Gasteiger partial charge in [0, 0.05) is 32.7 Å². The quantitative estimate of drug-likeness (QED) is 0.819. The van der Waals surface area contributed by atoms with Crippen molar-refractivity contribution < 1.29 is 9.84 Å². The second-order valence-electron chi connectivity index (χ2n) is 6.39. The number of rotatable bonds is 7. The van der Waals surface area contributed by atoms with Crippen LogP contribution in [0.5, 0.6) is 5.75 Å². The summed E-state index contributed by atoms with van der Waals surface area (Å²) in [6.45, 7) is 3.99. The van der Waals surface area contributed by atoms with Gasteiger partial charge in [0.05, 0.1) is 13.2 Å². The average molecular weight is 326 g/mol. The van der Waals surface area contributed by atoms with Gasteiger partial charge in [-0.15, -0.1) is 0 Å². The monoisotopic (exact) mass is 326 g/mol. The standard InChI is InChI=1S/C20H26N2O2/c1-24-20-8-4-5-16(11-20)12-21-13-19(23)15-22-10-9-17-6-2-3-7-18(17)14-22/h2-8,11,19,21,23H,9-10,12-15H2,1H3/t19-/m0/s1. The highest BCUT2D eigenvalue weighted by atomic mass is 16.5. The zero-order valence-electron chi connectivity index (χ0n) is 14.2. The minimum Gasteiger partial charge on any atom is -0.497 e. The summed E-state index contributed by atoms with van der Waals surface area (Å²) in [5, 5.41) is 13.6. The molecule has 0 bridgehead atoms. The van der Waals surface area contributed by atoms with Gasteiger partial charge in [0.2, 0.25) is 0 Å². The number of aliphatic hydroxyl groups is 1. The molecule has 0 saturated carbocycles. The Balaban J connectivity index is 1.42. The van der Waals surface area contributed by atoms with Crippen LogP contribution in [0.3, 0.4) is 0 Å². The molecule has 1 aliphatic heterocycles. The summed E-state index contributed by atoms with van der Waals surface area (Å²) in [7, 11) is 1.67. The molecule has 2 aromatic carbocycles. The number of β-amino-alcohol motifs (C(OH)–C–C–N with tert-alkyl or cyclic N) is 1. The van der Waals surface area contributed by atoms with E-state index in [4.69, 9.17) is 4.74 Å². The van der Waals surface area contributed by atoms with E-state index < -0.39 is 0 Å². The molecule has 0 aliphatic carbocycles. The van der Waals surface area contributed by atoms with Gasteiger partial charge in [0.15, 0.2) is 0 Å². The predicted octanol–water partition coefficient (Wildman–Crippen LogP) is 2.20. The van der Waals surface area contributed by atoms with Gasteiger partial charge in [-0.1, -0.05) is 36.4 Å². The Kier molecular flexibility index (Phi) is 5.86. The summed E-state index contributed by atoms with van der Waals surface area (Å²) in [6.07, 6.45) is 0.709. The molecule has 0 radical (unpaired) electrons. The Morgan fingerprint density at radius 1 is 1.17 bits per heavy atom. The van der Waals surface area contributed by atoms with Gasteiger partial charge < -0.3 is 15.2 Å². The predicted molar refractivity (Wildman–Crippen MR) is 96.1 cm³/mol. The van der Waals surface area contributed by atoms with Crippen LogP contribution in [0.25, 0.3) is 0 Å². The van der Waals surface area contributed by atoms with Crippen LogP contribution in [-0.4, -0.2) is 42.9 Å². The van der Waals surface area contributed by atoms with Gasteiger partial charge in [-0.2, -0.15) is 0 Å². The molecule has 0 spiro atoms. The highest BCUT2D eigenvalue weighted by molar-refractivity contribution is 5.29. The molecular weight excluding hydrogens is 300 g/mol. The maximum atomic E-state index is 10.3. The normalized spacial score (nSPS) is 15.8. The zero-order chi connectivity index (χ0) is 16.8. The first-order chi connectivity index (χ1) is 11.7. The molecule has 3 rings (SSSR count). The maximum Gasteiger partial charge on any atom is 0.119 e. The lowest BCUT2D eigenvalue weighted by atomic mass is 10.00. The molecule has 0 fully saturated rings. The fourth-order valence-electron chi connectivity index (χ4n) is 3.24. The SMILES string of the molecule is COc1cccc(CNC[C@H](O)CN2CCc3ccccc3C2)c1. The minimum absolute atomic E-state index is 0.360. The zero-order valence-corrected chi connectivity index (χ0v) is 14.2. The van der Waals surface area contributed by atoms with Crippen molar-refractivity contribution in [3.63, 3.8) is 0 Å². The van der Waals surface area contributed by atoms with Crippen LogP contribution in [0.15, 0.2) is 48.5 Å². The van der Waals surface area contributed by atoms with E-state index in [1.54, 1.807) is 7.11 Å². The topological polar surface area (TPSA) is 44.7 Å². The first-order valence-electron chi connectivity index (χ1n) is 8.55. The fraction of sp³-hybridized carbons (Fsp3) is 0.400. The van der Waals surface area contributed by atoms with E-state index >= 15 is 0 Å². The van der Waals surface area contributed by atoms with Gasteiger partial charge >= 0.3 is 0 Å². The lowest BCUT2D eigenvalue weighted by Gasteiger charge is -2.30. The van der Waals surface area contributed by atoms with Crippen molar-refractivity contribution in [3.8, 4) is 5.75 Å². The molecule has 4 heteroatoms.